The van der Waals surface area contributed by atoms with Gasteiger partial charge < -0.3 is 20.3 Å². The number of ether oxygens (including phenoxy) is 1. The molecule has 486 valence electrons. The summed E-state index contributed by atoms with van der Waals surface area (Å²) in [7, 11) is 0. The molecule has 0 bridgehead atoms. The van der Waals surface area contributed by atoms with Crippen LogP contribution in [0.15, 0.2) is 24.3 Å². The number of allylic oxidation sites excluding steroid dienone is 4. The molecule has 1 amide bonds. The summed E-state index contributed by atoms with van der Waals surface area (Å²) in [6, 6.07) is -0.538. The fraction of sp³-hybridized carbons (Fsp3) is 0.921. The van der Waals surface area contributed by atoms with Crippen molar-refractivity contribution < 1.29 is 24.5 Å². The number of aliphatic hydroxyl groups excluding tert-OH is 2. The van der Waals surface area contributed by atoms with E-state index in [1.165, 1.54) is 340 Å². The first-order valence-electron chi connectivity index (χ1n) is 37.6. The Hall–Kier alpha value is -1.66. The number of hydrogen-bond acceptors (Lipinski definition) is 5. The molecule has 0 aromatic carbocycles. The van der Waals surface area contributed by atoms with Crippen LogP contribution < -0.4 is 5.32 Å². The lowest BCUT2D eigenvalue weighted by atomic mass is 10.0. The Bertz CT molecular complexity index is 1280. The van der Waals surface area contributed by atoms with E-state index in [0.29, 0.717) is 25.9 Å². The first-order valence-corrected chi connectivity index (χ1v) is 37.6. The van der Waals surface area contributed by atoms with Crippen LogP contribution in [0.5, 0.6) is 0 Å². The van der Waals surface area contributed by atoms with Crippen molar-refractivity contribution in [3.63, 3.8) is 0 Å². The molecule has 0 spiro atoms. The summed E-state index contributed by atoms with van der Waals surface area (Å²) >= 11 is 0. The summed E-state index contributed by atoms with van der Waals surface area (Å²) in [4.78, 5) is 24.6. The molecule has 0 aliphatic rings. The fourth-order valence-electron chi connectivity index (χ4n) is 12.0. The highest BCUT2D eigenvalue weighted by Gasteiger charge is 2.20. The van der Waals surface area contributed by atoms with Gasteiger partial charge in [0.1, 0.15) is 0 Å². The monoisotopic (exact) mass is 1150 g/mol. The Morgan fingerprint density at radius 2 is 0.610 bits per heavy atom. The second-order valence-electron chi connectivity index (χ2n) is 26.0. The standard InChI is InChI=1S/C76H147NO5/c1-3-5-7-9-11-13-15-17-19-21-38-42-46-50-54-58-62-66-70-76(81)82-71-67-63-59-55-51-47-43-39-35-33-31-29-27-25-23-22-24-26-28-30-32-34-37-41-45-49-53-57-61-65-69-75(80)77-73(72-78)74(79)68-64-60-56-52-48-44-40-36-20-18-16-14-12-10-8-6-4-2/h13,15,19,21,73-74,78-79H,3-12,14,16-18,20,22-72H2,1-2H3,(H,77,80)/b15-13-,21-19-. The maximum atomic E-state index is 12.5. The van der Waals surface area contributed by atoms with Crippen LogP contribution in [0, 0.1) is 0 Å². The number of unbranched alkanes of at least 4 members (excludes halogenated alkanes) is 56. The maximum Gasteiger partial charge on any atom is 0.305 e. The molecular weight excluding hydrogens is 1010 g/mol. The van der Waals surface area contributed by atoms with Crippen molar-refractivity contribution >= 4 is 11.9 Å². The molecule has 0 heterocycles. The average molecular weight is 1160 g/mol. The molecule has 0 aromatic rings. The largest absolute Gasteiger partial charge is 0.466 e. The van der Waals surface area contributed by atoms with E-state index in [0.717, 1.165) is 51.4 Å². The number of aliphatic hydroxyl groups is 2. The van der Waals surface area contributed by atoms with Crippen LogP contribution in [0.3, 0.4) is 0 Å². The van der Waals surface area contributed by atoms with Gasteiger partial charge in [-0.15, -0.1) is 0 Å². The van der Waals surface area contributed by atoms with Crippen LogP contribution in [0.25, 0.3) is 0 Å². The molecule has 0 aromatic heterocycles. The van der Waals surface area contributed by atoms with E-state index in [2.05, 4.69) is 43.5 Å². The SMILES string of the molecule is CCCCCC/C=C\C/C=C\CCCCCCCCCC(=O)OCCCCCCCCCCCCCCCCCCCCCCCCCCCCCCCCC(=O)NC(CO)C(O)CCCCCCCCCCCCCCCCCCC. The number of carbonyl (C=O) groups excluding carboxylic acids is 2. The molecule has 82 heavy (non-hydrogen) atoms. The van der Waals surface area contributed by atoms with Crippen molar-refractivity contribution in [2.45, 2.75) is 437 Å². The third-order valence-electron chi connectivity index (χ3n) is 17.8. The van der Waals surface area contributed by atoms with Crippen LogP contribution >= 0.6 is 0 Å². The predicted octanol–water partition coefficient (Wildman–Crippen LogP) is 24.5. The van der Waals surface area contributed by atoms with Crippen molar-refractivity contribution in [2.24, 2.45) is 0 Å². The van der Waals surface area contributed by atoms with Crippen LogP contribution in [0.1, 0.15) is 425 Å². The van der Waals surface area contributed by atoms with Crippen molar-refractivity contribution in [3.8, 4) is 0 Å². The van der Waals surface area contributed by atoms with Crippen molar-refractivity contribution in [1.82, 2.24) is 5.32 Å². The van der Waals surface area contributed by atoms with Gasteiger partial charge in [-0.2, -0.15) is 0 Å². The van der Waals surface area contributed by atoms with E-state index in [1.54, 1.807) is 0 Å². The Morgan fingerprint density at radius 3 is 0.939 bits per heavy atom. The zero-order valence-corrected chi connectivity index (χ0v) is 55.8. The molecule has 3 N–H and O–H groups in total. The summed E-state index contributed by atoms with van der Waals surface area (Å²) in [6.07, 6.45) is 91.0. The molecule has 2 atom stereocenters. The quantitative estimate of drug-likeness (QED) is 0.0320. The third kappa shape index (κ3) is 67.5. The highest BCUT2D eigenvalue weighted by atomic mass is 16.5. The predicted molar refractivity (Wildman–Crippen MR) is 361 cm³/mol. The van der Waals surface area contributed by atoms with Gasteiger partial charge in [-0.1, -0.05) is 378 Å². The highest BCUT2D eigenvalue weighted by molar-refractivity contribution is 5.76. The Kier molecular flexibility index (Phi) is 70.4. The number of nitrogens with one attached hydrogen (secondary N) is 1. The van der Waals surface area contributed by atoms with Crippen LogP contribution in [0.2, 0.25) is 0 Å². The van der Waals surface area contributed by atoms with Crippen LogP contribution in [-0.2, 0) is 14.3 Å². The van der Waals surface area contributed by atoms with Crippen molar-refractivity contribution in [1.29, 1.82) is 0 Å². The first-order chi connectivity index (χ1) is 40.5. The van der Waals surface area contributed by atoms with E-state index in [-0.39, 0.29) is 18.5 Å². The molecule has 0 fully saturated rings. The van der Waals surface area contributed by atoms with Crippen molar-refractivity contribution in [3.05, 3.63) is 24.3 Å². The molecule has 0 radical (unpaired) electrons. The molecule has 0 rings (SSSR count). The van der Waals surface area contributed by atoms with Gasteiger partial charge in [0.2, 0.25) is 5.91 Å². The zero-order valence-electron chi connectivity index (χ0n) is 55.8. The lowest BCUT2D eigenvalue weighted by Gasteiger charge is -2.22. The lowest BCUT2D eigenvalue weighted by Crippen LogP contribution is -2.45. The first kappa shape index (κ1) is 80.3. The smallest absolute Gasteiger partial charge is 0.305 e. The van der Waals surface area contributed by atoms with Crippen LogP contribution in [-0.4, -0.2) is 47.4 Å². The zero-order chi connectivity index (χ0) is 59.2. The van der Waals surface area contributed by atoms with Gasteiger partial charge in [0.05, 0.1) is 25.4 Å². The Balaban J connectivity index is 3.32. The number of hydrogen-bond donors (Lipinski definition) is 3. The van der Waals surface area contributed by atoms with Gasteiger partial charge in [-0.25, -0.2) is 0 Å². The second-order valence-corrected chi connectivity index (χ2v) is 26.0. The highest BCUT2D eigenvalue weighted by Crippen LogP contribution is 2.20. The summed E-state index contributed by atoms with van der Waals surface area (Å²) in [6.45, 7) is 4.98. The van der Waals surface area contributed by atoms with E-state index in [1.807, 2.05) is 0 Å². The van der Waals surface area contributed by atoms with E-state index >= 15 is 0 Å². The topological polar surface area (TPSA) is 95.9 Å². The molecule has 0 aliphatic carbocycles. The maximum absolute atomic E-state index is 12.5. The minimum Gasteiger partial charge on any atom is -0.466 e. The van der Waals surface area contributed by atoms with Gasteiger partial charge >= 0.3 is 5.97 Å². The van der Waals surface area contributed by atoms with Gasteiger partial charge in [-0.3, -0.25) is 9.59 Å². The van der Waals surface area contributed by atoms with E-state index in [4.69, 9.17) is 4.74 Å². The fourth-order valence-corrected chi connectivity index (χ4v) is 12.0. The van der Waals surface area contributed by atoms with Gasteiger partial charge in [-0.05, 0) is 57.8 Å². The number of amides is 1. The Labute approximate surface area is 513 Å². The molecule has 0 saturated carbocycles. The summed E-state index contributed by atoms with van der Waals surface area (Å²) in [5, 5.41) is 23.4. The third-order valence-corrected chi connectivity index (χ3v) is 17.8. The van der Waals surface area contributed by atoms with E-state index in [9.17, 15) is 19.8 Å². The molecule has 2 unspecified atom stereocenters. The molecule has 6 nitrogen and oxygen atoms in total. The van der Waals surface area contributed by atoms with Gasteiger partial charge in [0, 0.05) is 12.8 Å². The molecule has 0 saturated heterocycles. The summed E-state index contributed by atoms with van der Waals surface area (Å²) in [5.74, 6) is -0.0135. The average Bonchev–Trinajstić information content (AvgIpc) is 3.48. The number of rotatable bonds is 71. The minimum absolute atomic E-state index is 0.0136. The second kappa shape index (κ2) is 71.8. The van der Waals surface area contributed by atoms with Crippen molar-refractivity contribution in [2.75, 3.05) is 13.2 Å². The lowest BCUT2D eigenvalue weighted by molar-refractivity contribution is -0.143. The van der Waals surface area contributed by atoms with E-state index < -0.39 is 12.1 Å². The van der Waals surface area contributed by atoms with Gasteiger partial charge in [0.25, 0.3) is 0 Å². The minimum atomic E-state index is -0.662. The Morgan fingerprint density at radius 1 is 0.341 bits per heavy atom. The number of esters is 1. The van der Waals surface area contributed by atoms with Crippen LogP contribution in [0.4, 0.5) is 0 Å². The summed E-state index contributed by atoms with van der Waals surface area (Å²) < 4.78 is 5.51. The molecule has 6 heteroatoms. The number of carbonyl (C=O) groups is 2. The molecular formula is C76H147NO5. The normalized spacial score (nSPS) is 12.6. The van der Waals surface area contributed by atoms with Gasteiger partial charge in [0.15, 0.2) is 0 Å². The summed E-state index contributed by atoms with van der Waals surface area (Å²) in [5.41, 5.74) is 0. The molecule has 0 aliphatic heterocycles.